The first-order valence-electron chi connectivity index (χ1n) is 15.1. The Balaban J connectivity index is 0.000000364. The highest BCUT2D eigenvalue weighted by Gasteiger charge is 2.33. The maximum atomic E-state index is 15.6. The van der Waals surface area contributed by atoms with Gasteiger partial charge in [0.2, 0.25) is 5.43 Å². The van der Waals surface area contributed by atoms with Gasteiger partial charge in [0.25, 0.3) is 5.91 Å². The Morgan fingerprint density at radius 2 is 1.77 bits per heavy atom. The molecule has 9 heteroatoms. The van der Waals surface area contributed by atoms with Crippen molar-refractivity contribution in [2.45, 2.75) is 45.6 Å². The number of nitrogens with zero attached hydrogens (tertiary/aromatic N) is 3. The van der Waals surface area contributed by atoms with E-state index >= 15 is 4.39 Å². The van der Waals surface area contributed by atoms with E-state index in [2.05, 4.69) is 24.1 Å². The predicted octanol–water partition coefficient (Wildman–Crippen LogP) is 5.18. The lowest BCUT2D eigenvalue weighted by Gasteiger charge is -2.29. The lowest BCUT2D eigenvalue weighted by molar-refractivity contribution is 0.0999. The Morgan fingerprint density at radius 3 is 2.42 bits per heavy atom. The molecule has 1 aromatic heterocycles. The van der Waals surface area contributed by atoms with E-state index in [1.165, 1.54) is 43.8 Å². The molecule has 3 aromatic carbocycles. The van der Waals surface area contributed by atoms with Crippen LogP contribution in [-0.4, -0.2) is 54.6 Å². The largest absolute Gasteiger partial charge is 0.451 e. The average molecular weight is 584 g/mol. The molecule has 8 rings (SSSR count). The molecule has 43 heavy (non-hydrogen) atoms. The highest BCUT2D eigenvalue weighted by Crippen LogP contribution is 2.50. The fourth-order valence-electron chi connectivity index (χ4n) is 6.57. The van der Waals surface area contributed by atoms with Crippen LogP contribution in [0.4, 0.5) is 10.1 Å². The summed E-state index contributed by atoms with van der Waals surface area (Å²) in [4.78, 5) is 29.5. The highest BCUT2D eigenvalue weighted by atomic mass is 19.1. The van der Waals surface area contributed by atoms with E-state index in [1.54, 1.807) is 4.57 Å². The Labute approximate surface area is 250 Å². The molecule has 4 heterocycles. The van der Waals surface area contributed by atoms with Crippen LogP contribution in [0.1, 0.15) is 54.6 Å². The van der Waals surface area contributed by atoms with E-state index in [4.69, 9.17) is 16.2 Å². The third-order valence-corrected chi connectivity index (χ3v) is 8.65. The third-order valence-electron chi connectivity index (χ3n) is 8.65. The van der Waals surface area contributed by atoms with Crippen LogP contribution < -0.4 is 26.5 Å². The molecule has 0 spiro atoms. The van der Waals surface area contributed by atoms with Crippen LogP contribution in [0, 0.1) is 5.82 Å². The molecule has 0 bridgehead atoms. The van der Waals surface area contributed by atoms with Crippen LogP contribution in [0.5, 0.6) is 11.5 Å². The summed E-state index contributed by atoms with van der Waals surface area (Å²) in [5, 5.41) is 0.0487. The van der Waals surface area contributed by atoms with E-state index in [9.17, 15) is 9.59 Å². The number of hydrogen-bond donors (Lipinski definition) is 2. The highest BCUT2D eigenvalue weighted by molar-refractivity contribution is 6.01. The van der Waals surface area contributed by atoms with Gasteiger partial charge in [-0.05, 0) is 86.3 Å². The summed E-state index contributed by atoms with van der Waals surface area (Å²) in [6, 6.07) is 13.3. The molecule has 3 aliphatic heterocycles. The Hall–Kier alpha value is -4.21. The van der Waals surface area contributed by atoms with Gasteiger partial charge in [-0.1, -0.05) is 38.1 Å². The summed E-state index contributed by atoms with van der Waals surface area (Å²) in [5.74, 6) is -0.675. The average Bonchev–Trinajstić information content (AvgIpc) is 3.74. The van der Waals surface area contributed by atoms with E-state index < -0.39 is 17.2 Å². The topological polar surface area (TPSA) is 107 Å². The van der Waals surface area contributed by atoms with Crippen molar-refractivity contribution in [3.8, 4) is 28.3 Å². The molecule has 0 radical (unpaired) electrons. The van der Waals surface area contributed by atoms with Gasteiger partial charge in [0.15, 0.2) is 17.3 Å². The molecule has 224 valence electrons. The van der Waals surface area contributed by atoms with Gasteiger partial charge >= 0.3 is 0 Å². The van der Waals surface area contributed by atoms with Gasteiger partial charge in [-0.15, -0.1) is 0 Å². The number of nitrogens with two attached hydrogens (primary N) is 2. The van der Waals surface area contributed by atoms with Crippen LogP contribution >= 0.6 is 0 Å². The first kappa shape index (κ1) is 28.9. The number of rotatable bonds is 2. The second-order valence-corrected chi connectivity index (χ2v) is 11.5. The van der Waals surface area contributed by atoms with Gasteiger partial charge in [0.1, 0.15) is 16.8 Å². The van der Waals surface area contributed by atoms with Crippen molar-refractivity contribution in [2.24, 2.45) is 11.5 Å². The molecule has 1 aliphatic carbocycles. The molecular formula is C34H38FN5O3. The molecule has 4 N–H and O–H groups in total. The zero-order chi connectivity index (χ0) is 30.4. The molecule has 2 fully saturated rings. The zero-order valence-corrected chi connectivity index (χ0v) is 25.0. The minimum absolute atomic E-state index is 0.0487. The molecule has 8 nitrogen and oxygen atoms in total. The van der Waals surface area contributed by atoms with E-state index in [0.717, 1.165) is 29.5 Å². The van der Waals surface area contributed by atoms with E-state index in [-0.39, 0.29) is 28.4 Å². The molecular weight excluding hydrogens is 545 g/mol. The first-order chi connectivity index (χ1) is 20.8. The normalized spacial score (nSPS) is 17.7. The van der Waals surface area contributed by atoms with Crippen molar-refractivity contribution in [1.82, 2.24) is 9.47 Å². The lowest BCUT2D eigenvalue weighted by atomic mass is 10.0. The molecule has 1 amide bonds. The second kappa shape index (κ2) is 11.5. The number of aromatic nitrogens is 1. The van der Waals surface area contributed by atoms with Gasteiger partial charge in [-0.2, -0.15) is 0 Å². The number of fused-ring (bicyclic) bond motifs is 5. The Morgan fingerprint density at radius 1 is 1.02 bits per heavy atom. The van der Waals surface area contributed by atoms with Crippen LogP contribution in [0.3, 0.4) is 0 Å². The van der Waals surface area contributed by atoms with Crippen molar-refractivity contribution in [1.29, 1.82) is 0 Å². The summed E-state index contributed by atoms with van der Waals surface area (Å²) in [6.45, 7) is 7.70. The summed E-state index contributed by atoms with van der Waals surface area (Å²) in [7, 11) is 2.17. The maximum Gasteiger partial charge on any atom is 0.254 e. The number of carbonyl (C=O) groups excluding carboxylic acids is 1. The quantitative estimate of drug-likeness (QED) is 0.291. The van der Waals surface area contributed by atoms with Gasteiger partial charge in [0.05, 0.1) is 11.1 Å². The fourth-order valence-corrected chi connectivity index (χ4v) is 6.57. The number of pyridine rings is 1. The van der Waals surface area contributed by atoms with E-state index in [1.807, 2.05) is 43.0 Å². The van der Waals surface area contributed by atoms with Gasteiger partial charge < -0.3 is 30.6 Å². The van der Waals surface area contributed by atoms with Crippen molar-refractivity contribution in [2.75, 3.05) is 38.1 Å². The summed E-state index contributed by atoms with van der Waals surface area (Å²) in [5.41, 5.74) is 16.7. The summed E-state index contributed by atoms with van der Waals surface area (Å²) < 4.78 is 23.7. The van der Waals surface area contributed by atoms with Crippen molar-refractivity contribution < 1.29 is 13.9 Å². The lowest BCUT2D eigenvalue weighted by Crippen LogP contribution is -2.29. The predicted molar refractivity (Wildman–Crippen MR) is 169 cm³/mol. The second-order valence-electron chi connectivity index (χ2n) is 11.5. The Kier molecular flexibility index (Phi) is 7.70. The monoisotopic (exact) mass is 583 g/mol. The standard InChI is InChI=1S/C27H21FN4O3.C5H11N.C2H6/c28-20-9-18-23-26(24(20)31-6-5-15(29)11-31)35-22-8-14-7-13-3-1-2-4-16(13)17(14)10-21(22)32(23)12-19(25(18)33)27(30)34;1-6-4-2-3-5-6;1-2/h1-4,8-10,12,15H,5-7,11,29H2,(H2,30,34);2-5H2,1H3;1-2H3. The Bertz CT molecular complexity index is 1790. The number of benzene rings is 3. The molecule has 1 unspecified atom stereocenters. The molecule has 2 saturated heterocycles. The zero-order valence-electron chi connectivity index (χ0n) is 25.0. The fraction of sp³-hybridized carbons (Fsp3) is 0.353. The number of likely N-dealkylation sites (tertiary alicyclic amines) is 1. The SMILES string of the molecule is CC.CN1CCCC1.NC(=O)c1cn2c3c(c(N4CCC(N)C4)c(F)cc3c1=O)Oc1cc3c(cc1-2)-c1ccccc1C3. The van der Waals surface area contributed by atoms with Gasteiger partial charge in [-0.25, -0.2) is 4.39 Å². The van der Waals surface area contributed by atoms with Crippen molar-refractivity contribution >= 4 is 22.5 Å². The minimum atomic E-state index is -0.864. The van der Waals surface area contributed by atoms with Gasteiger partial charge in [-0.3, -0.25) is 9.59 Å². The van der Waals surface area contributed by atoms with Crippen LogP contribution in [-0.2, 0) is 6.42 Å². The molecule has 0 saturated carbocycles. The number of amides is 1. The summed E-state index contributed by atoms with van der Waals surface area (Å²) >= 11 is 0. The third kappa shape index (κ3) is 4.96. The number of ether oxygens (including phenoxy) is 1. The molecule has 1 atom stereocenters. The number of hydrogen-bond acceptors (Lipinski definition) is 6. The number of anilines is 1. The van der Waals surface area contributed by atoms with Gasteiger partial charge in [0, 0.05) is 25.3 Å². The maximum absolute atomic E-state index is 15.6. The molecule has 4 aromatic rings. The molecule has 4 aliphatic rings. The first-order valence-corrected chi connectivity index (χ1v) is 15.1. The number of primary amides is 1. The van der Waals surface area contributed by atoms with E-state index in [0.29, 0.717) is 30.0 Å². The van der Waals surface area contributed by atoms with Crippen LogP contribution in [0.2, 0.25) is 0 Å². The minimum Gasteiger partial charge on any atom is -0.451 e. The van der Waals surface area contributed by atoms with Crippen molar-refractivity contribution in [3.63, 3.8) is 0 Å². The number of halogens is 1. The van der Waals surface area contributed by atoms with Crippen LogP contribution in [0.15, 0.2) is 53.5 Å². The van der Waals surface area contributed by atoms with Crippen molar-refractivity contribution in [3.05, 3.63) is 81.4 Å². The van der Waals surface area contributed by atoms with Crippen LogP contribution in [0.25, 0.3) is 27.7 Å². The smallest absolute Gasteiger partial charge is 0.254 e. The number of carbonyl (C=O) groups is 1. The summed E-state index contributed by atoms with van der Waals surface area (Å²) in [6.07, 6.45) is 5.76.